The van der Waals surface area contributed by atoms with Gasteiger partial charge in [0.2, 0.25) is 5.91 Å². The van der Waals surface area contributed by atoms with Crippen LogP contribution in [0.2, 0.25) is 0 Å². The number of hydrogen-bond acceptors (Lipinski definition) is 6. The van der Waals surface area contributed by atoms with Crippen molar-refractivity contribution >= 4 is 17.3 Å². The minimum atomic E-state index is -4.51. The van der Waals surface area contributed by atoms with Crippen LogP contribution in [0.15, 0.2) is 36.4 Å². The maximum atomic E-state index is 13.6. The van der Waals surface area contributed by atoms with Gasteiger partial charge in [0.1, 0.15) is 19.3 Å². The topological polar surface area (TPSA) is 91.3 Å². The van der Waals surface area contributed by atoms with Crippen LogP contribution in [0.5, 0.6) is 11.5 Å². The Labute approximate surface area is 194 Å². The lowest BCUT2D eigenvalue weighted by Crippen LogP contribution is -2.47. The van der Waals surface area contributed by atoms with Crippen molar-refractivity contribution in [3.8, 4) is 11.5 Å². The number of fused-ring (bicyclic) bond motifs is 2. The number of nitrogens with one attached hydrogen (secondary N) is 1. The molecule has 3 aliphatic rings. The van der Waals surface area contributed by atoms with Crippen molar-refractivity contribution in [1.82, 2.24) is 0 Å². The Morgan fingerprint density at radius 2 is 1.88 bits per heavy atom. The third-order valence-corrected chi connectivity index (χ3v) is 6.71. The molecule has 10 heteroatoms. The van der Waals surface area contributed by atoms with Gasteiger partial charge in [-0.1, -0.05) is 6.07 Å². The predicted molar refractivity (Wildman–Crippen MR) is 117 cm³/mol. The van der Waals surface area contributed by atoms with Gasteiger partial charge >= 0.3 is 6.18 Å². The van der Waals surface area contributed by atoms with Gasteiger partial charge in [0.15, 0.2) is 11.5 Å². The lowest BCUT2D eigenvalue weighted by Gasteiger charge is -2.30. The second-order valence-electron chi connectivity index (χ2n) is 8.99. The van der Waals surface area contributed by atoms with Gasteiger partial charge in [-0.2, -0.15) is 13.2 Å². The average Bonchev–Trinajstić information content (AvgIpc) is 3.55. The van der Waals surface area contributed by atoms with Gasteiger partial charge in [-0.15, -0.1) is 0 Å². The standard InChI is InChI=1S/C24H25F3N2O5/c25-24(26,27)21-10-14-9-16(2-3-18(14)29(21)12-17(31)13-30)28-22(32)23(5-6-23)15-1-4-19-20(11-15)34-8-7-33-19/h1-4,9,11,17,21,30-31H,5-8,10,12-13H2,(H,28,32)/t17-,21?/m1/s1. The van der Waals surface area contributed by atoms with E-state index < -0.39 is 30.3 Å². The summed E-state index contributed by atoms with van der Waals surface area (Å²) in [6.07, 6.45) is -4.78. The van der Waals surface area contributed by atoms with E-state index in [4.69, 9.17) is 14.6 Å². The lowest BCUT2D eigenvalue weighted by molar-refractivity contribution is -0.147. The molecule has 7 nitrogen and oxygen atoms in total. The van der Waals surface area contributed by atoms with Crippen molar-refractivity contribution in [3.05, 3.63) is 47.5 Å². The number of hydrogen-bond donors (Lipinski definition) is 3. The van der Waals surface area contributed by atoms with E-state index in [1.165, 1.54) is 6.07 Å². The number of aliphatic hydroxyl groups excluding tert-OH is 2. The summed E-state index contributed by atoms with van der Waals surface area (Å²) in [5, 5.41) is 21.7. The number of β-amino-alcohol motifs (C(OH)–C–C–N with tert-alkyl or cyclic N) is 1. The molecule has 1 unspecified atom stereocenters. The number of ether oxygens (including phenoxy) is 2. The average molecular weight is 478 g/mol. The third kappa shape index (κ3) is 4.05. The van der Waals surface area contributed by atoms with Crippen LogP contribution in [0.3, 0.4) is 0 Å². The van der Waals surface area contributed by atoms with Crippen LogP contribution in [0.1, 0.15) is 24.0 Å². The molecule has 5 rings (SSSR count). The minimum Gasteiger partial charge on any atom is -0.486 e. The van der Waals surface area contributed by atoms with E-state index in [0.717, 1.165) is 10.5 Å². The fourth-order valence-electron chi connectivity index (χ4n) is 4.76. The summed E-state index contributed by atoms with van der Waals surface area (Å²) in [6, 6.07) is 8.29. The first-order valence-electron chi connectivity index (χ1n) is 11.2. The van der Waals surface area contributed by atoms with E-state index in [1.54, 1.807) is 18.2 Å². The Morgan fingerprint density at radius 1 is 1.15 bits per heavy atom. The Morgan fingerprint density at radius 3 is 2.56 bits per heavy atom. The molecule has 1 aliphatic carbocycles. The number of rotatable bonds is 6. The molecule has 0 aromatic heterocycles. The molecule has 2 aromatic rings. The third-order valence-electron chi connectivity index (χ3n) is 6.71. The summed E-state index contributed by atoms with van der Waals surface area (Å²) in [4.78, 5) is 14.3. The number of carbonyl (C=O) groups is 1. The molecule has 1 saturated carbocycles. The number of halogens is 3. The zero-order valence-electron chi connectivity index (χ0n) is 18.3. The number of carbonyl (C=O) groups excluding carboxylic acids is 1. The van der Waals surface area contributed by atoms with Crippen LogP contribution >= 0.6 is 0 Å². The molecule has 1 amide bonds. The first-order valence-corrected chi connectivity index (χ1v) is 11.2. The maximum Gasteiger partial charge on any atom is 0.409 e. The van der Waals surface area contributed by atoms with Crippen molar-refractivity contribution in [2.24, 2.45) is 0 Å². The predicted octanol–water partition coefficient (Wildman–Crippen LogP) is 2.77. The van der Waals surface area contributed by atoms with E-state index >= 15 is 0 Å². The van der Waals surface area contributed by atoms with Gasteiger partial charge in [-0.05, 0) is 54.3 Å². The normalized spacial score (nSPS) is 21.1. The number of aliphatic hydroxyl groups is 2. The fourth-order valence-corrected chi connectivity index (χ4v) is 4.76. The Hall–Kier alpha value is -2.98. The molecule has 0 spiro atoms. The summed E-state index contributed by atoms with van der Waals surface area (Å²) in [6.45, 7) is -0.0585. The molecular formula is C24H25F3N2O5. The molecule has 2 aromatic carbocycles. The molecule has 1 fully saturated rings. The molecule has 0 saturated heterocycles. The Bertz CT molecular complexity index is 1100. The quantitative estimate of drug-likeness (QED) is 0.592. The van der Waals surface area contributed by atoms with Crippen molar-refractivity contribution < 1.29 is 37.7 Å². The number of benzene rings is 2. The molecule has 3 N–H and O–H groups in total. The first kappa shape index (κ1) is 22.8. The van der Waals surface area contributed by atoms with Crippen molar-refractivity contribution in [2.45, 2.75) is 43.0 Å². The number of nitrogens with zero attached hydrogens (tertiary/aromatic N) is 1. The number of amides is 1. The van der Waals surface area contributed by atoms with E-state index in [2.05, 4.69) is 5.32 Å². The highest BCUT2D eigenvalue weighted by Crippen LogP contribution is 2.51. The van der Waals surface area contributed by atoms with Crippen LogP contribution in [-0.4, -0.2) is 60.8 Å². The van der Waals surface area contributed by atoms with E-state index in [9.17, 15) is 23.1 Å². The summed E-state index contributed by atoms with van der Waals surface area (Å²) < 4.78 is 52.1. The van der Waals surface area contributed by atoms with Gasteiger partial charge < -0.3 is 29.9 Å². The Balaban J connectivity index is 1.36. The SMILES string of the molecule is O=C(Nc1ccc2c(c1)CC(C(F)(F)F)N2C[C@@H](O)CO)C1(c2ccc3c(c2)OCCO3)CC1. The summed E-state index contributed by atoms with van der Waals surface area (Å²) in [5.41, 5.74) is 1.28. The van der Waals surface area contributed by atoms with Crippen molar-refractivity contribution in [1.29, 1.82) is 0 Å². The van der Waals surface area contributed by atoms with Crippen LogP contribution in [0.25, 0.3) is 0 Å². The molecule has 0 bridgehead atoms. The van der Waals surface area contributed by atoms with Gasteiger partial charge in [0.25, 0.3) is 0 Å². The van der Waals surface area contributed by atoms with E-state index in [-0.39, 0.29) is 18.9 Å². The zero-order chi connectivity index (χ0) is 24.1. The van der Waals surface area contributed by atoms with E-state index in [0.29, 0.717) is 54.5 Å². The fraction of sp³-hybridized carbons (Fsp3) is 0.458. The van der Waals surface area contributed by atoms with E-state index in [1.807, 2.05) is 12.1 Å². The maximum absolute atomic E-state index is 13.6. The highest BCUT2D eigenvalue weighted by Gasteiger charge is 2.52. The van der Waals surface area contributed by atoms with Crippen molar-refractivity contribution in [3.63, 3.8) is 0 Å². The highest BCUT2D eigenvalue weighted by atomic mass is 19.4. The van der Waals surface area contributed by atoms with Crippen LogP contribution in [0.4, 0.5) is 24.5 Å². The minimum absolute atomic E-state index is 0.220. The molecule has 2 atom stereocenters. The highest BCUT2D eigenvalue weighted by molar-refractivity contribution is 6.01. The Kier molecular flexibility index (Phi) is 5.60. The monoisotopic (exact) mass is 478 g/mol. The number of anilines is 2. The van der Waals surface area contributed by atoms with Crippen LogP contribution < -0.4 is 19.7 Å². The van der Waals surface area contributed by atoms with Gasteiger partial charge in [0.05, 0.1) is 18.1 Å². The second kappa shape index (κ2) is 8.35. The molecule has 0 radical (unpaired) electrons. The summed E-state index contributed by atoms with van der Waals surface area (Å²) in [7, 11) is 0. The zero-order valence-corrected chi connectivity index (χ0v) is 18.3. The van der Waals surface area contributed by atoms with Crippen LogP contribution in [0, 0.1) is 0 Å². The second-order valence-corrected chi connectivity index (χ2v) is 8.99. The van der Waals surface area contributed by atoms with Gasteiger partial charge in [-0.3, -0.25) is 4.79 Å². The van der Waals surface area contributed by atoms with Crippen LogP contribution in [-0.2, 0) is 16.6 Å². The molecule has 2 aliphatic heterocycles. The number of alkyl halides is 3. The first-order chi connectivity index (χ1) is 16.2. The molecule has 182 valence electrons. The smallest absolute Gasteiger partial charge is 0.409 e. The summed E-state index contributed by atoms with van der Waals surface area (Å²) in [5.74, 6) is 1.02. The largest absolute Gasteiger partial charge is 0.486 e. The lowest BCUT2D eigenvalue weighted by atomic mass is 9.94. The van der Waals surface area contributed by atoms with Gasteiger partial charge in [0, 0.05) is 24.3 Å². The molecule has 34 heavy (non-hydrogen) atoms. The molecule has 2 heterocycles. The van der Waals surface area contributed by atoms with Crippen molar-refractivity contribution in [2.75, 3.05) is 36.6 Å². The van der Waals surface area contributed by atoms with Gasteiger partial charge in [-0.25, -0.2) is 0 Å². The summed E-state index contributed by atoms with van der Waals surface area (Å²) >= 11 is 0. The molecular weight excluding hydrogens is 453 g/mol.